The zero-order chi connectivity index (χ0) is 19.4. The van der Waals surface area contributed by atoms with Crippen molar-refractivity contribution in [2.75, 3.05) is 20.9 Å². The van der Waals surface area contributed by atoms with Gasteiger partial charge in [-0.3, -0.25) is 4.79 Å². The van der Waals surface area contributed by atoms with E-state index in [2.05, 4.69) is 15.9 Å². The van der Waals surface area contributed by atoms with Crippen LogP contribution in [0.25, 0.3) is 6.08 Å². The van der Waals surface area contributed by atoms with Gasteiger partial charge in [0.2, 0.25) is 6.79 Å². The molecular weight excluding hydrogens is 412 g/mol. The van der Waals surface area contributed by atoms with E-state index in [0.29, 0.717) is 18.1 Å². The van der Waals surface area contributed by atoms with E-state index in [1.807, 2.05) is 24.3 Å². The predicted octanol–water partition coefficient (Wildman–Crippen LogP) is 3.75. The molecule has 2 aromatic rings. The minimum Gasteiger partial charge on any atom is -0.488 e. The predicted molar refractivity (Wildman–Crippen MR) is 103 cm³/mol. The summed E-state index contributed by atoms with van der Waals surface area (Å²) in [4.78, 5) is 13.3. The second-order valence-electron chi connectivity index (χ2n) is 6.04. The van der Waals surface area contributed by atoms with Crippen LogP contribution >= 0.6 is 15.9 Å². The lowest BCUT2D eigenvalue weighted by atomic mass is 10.1. The molecule has 6 nitrogen and oxygen atoms in total. The summed E-state index contributed by atoms with van der Waals surface area (Å²) in [6.45, 7) is 0.605. The van der Waals surface area contributed by atoms with E-state index in [4.69, 9.17) is 14.2 Å². The van der Waals surface area contributed by atoms with Gasteiger partial charge in [-0.1, -0.05) is 12.1 Å². The van der Waals surface area contributed by atoms with Crippen molar-refractivity contribution in [1.29, 1.82) is 5.26 Å². The van der Waals surface area contributed by atoms with Crippen LogP contribution < -0.4 is 14.2 Å². The molecule has 138 valence electrons. The molecule has 2 aromatic carbocycles. The quantitative estimate of drug-likeness (QED) is 0.535. The maximum absolute atomic E-state index is 11.9. The van der Waals surface area contributed by atoms with Gasteiger partial charge in [0, 0.05) is 14.1 Å². The first-order valence-electron chi connectivity index (χ1n) is 8.12. The Bertz CT molecular complexity index is 947. The Hall–Kier alpha value is -2.98. The third-order valence-corrected chi connectivity index (χ3v) is 4.48. The monoisotopic (exact) mass is 428 g/mol. The van der Waals surface area contributed by atoms with E-state index < -0.39 is 0 Å². The SMILES string of the molecule is CN(C)C(=O)/C(C#N)=C\c1ccc(OCc2ccc3c(c2)OCO3)c(Br)c1. The number of halogens is 1. The average Bonchev–Trinajstić information content (AvgIpc) is 3.12. The van der Waals surface area contributed by atoms with Gasteiger partial charge in [-0.15, -0.1) is 0 Å². The molecule has 0 N–H and O–H groups in total. The first kappa shape index (κ1) is 18.8. The fourth-order valence-electron chi connectivity index (χ4n) is 2.47. The summed E-state index contributed by atoms with van der Waals surface area (Å²) in [5, 5.41) is 9.19. The minimum absolute atomic E-state index is 0.0703. The van der Waals surface area contributed by atoms with Gasteiger partial charge in [-0.05, 0) is 57.4 Å². The molecule has 7 heteroatoms. The molecule has 0 aliphatic carbocycles. The molecule has 1 aliphatic rings. The van der Waals surface area contributed by atoms with Crippen LogP contribution in [-0.2, 0) is 11.4 Å². The normalized spacial score (nSPS) is 12.4. The Balaban J connectivity index is 1.71. The van der Waals surface area contributed by atoms with Crippen molar-refractivity contribution in [1.82, 2.24) is 4.90 Å². The molecule has 0 bridgehead atoms. The third-order valence-electron chi connectivity index (χ3n) is 3.86. The Kier molecular flexibility index (Phi) is 5.67. The highest BCUT2D eigenvalue weighted by atomic mass is 79.9. The van der Waals surface area contributed by atoms with Crippen molar-refractivity contribution in [3.63, 3.8) is 0 Å². The molecule has 0 aromatic heterocycles. The minimum atomic E-state index is -0.336. The number of nitriles is 1. The van der Waals surface area contributed by atoms with E-state index in [1.54, 1.807) is 38.4 Å². The van der Waals surface area contributed by atoms with E-state index in [-0.39, 0.29) is 18.3 Å². The molecule has 27 heavy (non-hydrogen) atoms. The van der Waals surface area contributed by atoms with E-state index >= 15 is 0 Å². The molecule has 0 spiro atoms. The van der Waals surface area contributed by atoms with Crippen LogP contribution in [0, 0.1) is 11.3 Å². The number of carbonyl (C=O) groups excluding carboxylic acids is 1. The van der Waals surface area contributed by atoms with Crippen LogP contribution in [0.4, 0.5) is 0 Å². The highest BCUT2D eigenvalue weighted by Gasteiger charge is 2.14. The number of rotatable bonds is 5. The lowest BCUT2D eigenvalue weighted by Gasteiger charge is -2.11. The second-order valence-corrected chi connectivity index (χ2v) is 6.89. The van der Waals surface area contributed by atoms with Crippen LogP contribution in [0.5, 0.6) is 17.2 Å². The number of amides is 1. The largest absolute Gasteiger partial charge is 0.488 e. The van der Waals surface area contributed by atoms with Gasteiger partial charge in [0.25, 0.3) is 5.91 Å². The molecular formula is C20H17BrN2O4. The number of fused-ring (bicyclic) bond motifs is 1. The highest BCUT2D eigenvalue weighted by molar-refractivity contribution is 9.10. The smallest absolute Gasteiger partial charge is 0.264 e. The van der Waals surface area contributed by atoms with Gasteiger partial charge < -0.3 is 19.1 Å². The van der Waals surface area contributed by atoms with Gasteiger partial charge >= 0.3 is 0 Å². The zero-order valence-electron chi connectivity index (χ0n) is 14.9. The first-order valence-corrected chi connectivity index (χ1v) is 8.91. The number of hydrogen-bond acceptors (Lipinski definition) is 5. The van der Waals surface area contributed by atoms with Crippen LogP contribution in [0.15, 0.2) is 46.4 Å². The molecule has 0 radical (unpaired) electrons. The Morgan fingerprint density at radius 3 is 2.74 bits per heavy atom. The van der Waals surface area contributed by atoms with Crippen molar-refractivity contribution < 1.29 is 19.0 Å². The van der Waals surface area contributed by atoms with Crippen LogP contribution in [0.1, 0.15) is 11.1 Å². The number of nitrogens with zero attached hydrogens (tertiary/aromatic N) is 2. The van der Waals surface area contributed by atoms with Crippen molar-refractivity contribution in [3.05, 3.63) is 57.6 Å². The summed E-state index contributed by atoms with van der Waals surface area (Å²) in [5.74, 6) is 1.76. The number of carbonyl (C=O) groups is 1. The zero-order valence-corrected chi connectivity index (χ0v) is 16.4. The Labute approximate surface area is 165 Å². The van der Waals surface area contributed by atoms with Crippen LogP contribution in [0.3, 0.4) is 0 Å². The first-order chi connectivity index (χ1) is 13.0. The summed E-state index contributed by atoms with van der Waals surface area (Å²) >= 11 is 3.47. The van der Waals surface area contributed by atoms with E-state index in [9.17, 15) is 10.1 Å². The Morgan fingerprint density at radius 1 is 1.26 bits per heavy atom. The molecule has 0 saturated carbocycles. The molecule has 3 rings (SSSR count). The van der Waals surface area contributed by atoms with Crippen molar-refractivity contribution in [3.8, 4) is 23.3 Å². The highest BCUT2D eigenvalue weighted by Crippen LogP contribution is 2.33. The fraction of sp³-hybridized carbons (Fsp3) is 0.200. The summed E-state index contributed by atoms with van der Waals surface area (Å²) in [7, 11) is 3.22. The van der Waals surface area contributed by atoms with Crippen molar-refractivity contribution in [2.24, 2.45) is 0 Å². The lowest BCUT2D eigenvalue weighted by Crippen LogP contribution is -2.22. The van der Waals surface area contributed by atoms with E-state index in [1.165, 1.54) is 4.90 Å². The van der Waals surface area contributed by atoms with Gasteiger partial charge in [-0.25, -0.2) is 0 Å². The lowest BCUT2D eigenvalue weighted by molar-refractivity contribution is -0.124. The topological polar surface area (TPSA) is 71.8 Å². The maximum Gasteiger partial charge on any atom is 0.264 e. The summed E-state index contributed by atoms with van der Waals surface area (Å²) in [5.41, 5.74) is 1.75. The van der Waals surface area contributed by atoms with Gasteiger partial charge in [-0.2, -0.15) is 5.26 Å². The third kappa shape index (κ3) is 4.41. The molecule has 0 unspecified atom stereocenters. The maximum atomic E-state index is 11.9. The summed E-state index contributed by atoms with van der Waals surface area (Å²) in [6.07, 6.45) is 1.55. The molecule has 0 saturated heterocycles. The molecule has 1 amide bonds. The van der Waals surface area contributed by atoms with Crippen molar-refractivity contribution >= 4 is 27.9 Å². The fourth-order valence-corrected chi connectivity index (χ4v) is 2.98. The van der Waals surface area contributed by atoms with Crippen LogP contribution in [-0.4, -0.2) is 31.7 Å². The molecule has 0 atom stereocenters. The van der Waals surface area contributed by atoms with Gasteiger partial charge in [0.05, 0.1) is 4.47 Å². The molecule has 1 heterocycles. The van der Waals surface area contributed by atoms with Crippen LogP contribution in [0.2, 0.25) is 0 Å². The molecule has 1 aliphatic heterocycles. The van der Waals surface area contributed by atoms with Gasteiger partial charge in [0.15, 0.2) is 11.5 Å². The Morgan fingerprint density at radius 2 is 2.04 bits per heavy atom. The van der Waals surface area contributed by atoms with E-state index in [0.717, 1.165) is 21.3 Å². The summed E-state index contributed by atoms with van der Waals surface area (Å²) < 4.78 is 17.2. The second kappa shape index (κ2) is 8.14. The average molecular weight is 429 g/mol. The van der Waals surface area contributed by atoms with Crippen molar-refractivity contribution in [2.45, 2.75) is 6.61 Å². The standard InChI is InChI=1S/C20H17BrN2O4/c1-23(2)20(24)15(10-22)7-13-3-5-17(16(21)8-13)25-11-14-4-6-18-19(9-14)27-12-26-18/h3-9H,11-12H2,1-2H3/b15-7-. The summed E-state index contributed by atoms with van der Waals surface area (Å²) in [6, 6.07) is 13.0. The number of benzene rings is 2. The molecule has 0 fully saturated rings. The number of hydrogen-bond donors (Lipinski definition) is 0. The number of ether oxygens (including phenoxy) is 3. The van der Waals surface area contributed by atoms with Gasteiger partial charge in [0.1, 0.15) is 24.0 Å². The number of likely N-dealkylation sites (N-methyl/N-ethyl adjacent to an activating group) is 1.